The number of hydrogen-bond donors (Lipinski definition) is 1. The molecule has 0 radical (unpaired) electrons. The monoisotopic (exact) mass is 250 g/mol. The summed E-state index contributed by atoms with van der Waals surface area (Å²) in [4.78, 5) is 4.49. The number of pyridine rings is 1. The molecule has 2 heterocycles. The lowest BCUT2D eigenvalue weighted by atomic mass is 10.2. The third-order valence-corrected chi connectivity index (χ3v) is 3.37. The number of hydrogen-bond acceptors (Lipinski definition) is 3. The first-order chi connectivity index (χ1) is 8.04. The van der Waals surface area contributed by atoms with Crippen LogP contribution in [0.2, 0.25) is 5.02 Å². The lowest BCUT2D eigenvalue weighted by Crippen LogP contribution is -2.06. The summed E-state index contributed by atoms with van der Waals surface area (Å²) in [5, 5.41) is 5.05. The molecule has 2 N–H and O–H groups in total. The number of nitrogens with two attached hydrogens (primary N) is 1. The summed E-state index contributed by atoms with van der Waals surface area (Å²) in [5.74, 6) is 0.771. The van der Waals surface area contributed by atoms with Gasteiger partial charge in [-0.15, -0.1) is 0 Å². The fraction of sp³-hybridized carbons (Fsp3) is 0.333. The second kappa shape index (κ2) is 4.47. The lowest BCUT2D eigenvalue weighted by Gasteiger charge is -2.07. The first-order valence-electron chi connectivity index (χ1n) is 5.43. The Kier molecular flexibility index (Phi) is 3.17. The van der Waals surface area contributed by atoms with Crippen molar-refractivity contribution in [2.24, 2.45) is 5.73 Å². The summed E-state index contributed by atoms with van der Waals surface area (Å²) in [7, 11) is 0. The number of rotatable bonds is 2. The fourth-order valence-corrected chi connectivity index (χ4v) is 1.87. The Morgan fingerprint density at radius 1 is 1.24 bits per heavy atom. The average molecular weight is 251 g/mol. The van der Waals surface area contributed by atoms with Crippen molar-refractivity contribution in [3.8, 4) is 5.82 Å². The van der Waals surface area contributed by atoms with Crippen molar-refractivity contribution in [2.75, 3.05) is 0 Å². The van der Waals surface area contributed by atoms with Crippen LogP contribution in [0.25, 0.3) is 5.82 Å². The van der Waals surface area contributed by atoms with Crippen LogP contribution in [-0.4, -0.2) is 14.8 Å². The van der Waals surface area contributed by atoms with E-state index in [9.17, 15) is 0 Å². The first kappa shape index (κ1) is 12.1. The zero-order chi connectivity index (χ0) is 12.6. The van der Waals surface area contributed by atoms with Crippen LogP contribution in [0.4, 0.5) is 0 Å². The van der Waals surface area contributed by atoms with Crippen molar-refractivity contribution in [1.29, 1.82) is 0 Å². The summed E-state index contributed by atoms with van der Waals surface area (Å²) in [5.41, 5.74) is 9.29. The minimum absolute atomic E-state index is 0.497. The molecule has 90 valence electrons. The molecule has 2 aromatic heterocycles. The van der Waals surface area contributed by atoms with E-state index in [0.717, 1.165) is 28.5 Å². The molecule has 4 nitrogen and oxygen atoms in total. The van der Waals surface area contributed by atoms with Gasteiger partial charge in [0.1, 0.15) is 0 Å². The molecule has 17 heavy (non-hydrogen) atoms. The number of aryl methyl sites for hydroxylation is 2. The molecule has 0 aliphatic carbocycles. The molecular formula is C12H15ClN4. The Morgan fingerprint density at radius 2 is 1.94 bits per heavy atom. The zero-order valence-corrected chi connectivity index (χ0v) is 10.9. The Labute approximate surface area is 105 Å². The molecule has 0 bridgehead atoms. The largest absolute Gasteiger partial charge is 0.326 e. The van der Waals surface area contributed by atoms with E-state index >= 15 is 0 Å². The van der Waals surface area contributed by atoms with E-state index in [-0.39, 0.29) is 0 Å². The molecule has 2 rings (SSSR count). The first-order valence-corrected chi connectivity index (χ1v) is 5.81. The van der Waals surface area contributed by atoms with Crippen LogP contribution in [0.1, 0.15) is 22.6 Å². The van der Waals surface area contributed by atoms with Crippen molar-refractivity contribution in [1.82, 2.24) is 14.8 Å². The van der Waals surface area contributed by atoms with Gasteiger partial charge < -0.3 is 5.73 Å². The second-order valence-electron chi connectivity index (χ2n) is 4.01. The maximum Gasteiger partial charge on any atom is 0.153 e. The van der Waals surface area contributed by atoms with Crippen molar-refractivity contribution in [3.05, 3.63) is 39.8 Å². The highest BCUT2D eigenvalue weighted by Crippen LogP contribution is 2.21. The van der Waals surface area contributed by atoms with E-state index in [1.807, 2.05) is 32.9 Å². The maximum atomic E-state index is 6.12. The van der Waals surface area contributed by atoms with Gasteiger partial charge in [0.05, 0.1) is 16.4 Å². The van der Waals surface area contributed by atoms with E-state index < -0.39 is 0 Å². The van der Waals surface area contributed by atoms with Crippen molar-refractivity contribution in [2.45, 2.75) is 27.3 Å². The van der Waals surface area contributed by atoms with Crippen LogP contribution in [-0.2, 0) is 6.54 Å². The summed E-state index contributed by atoms with van der Waals surface area (Å²) >= 11 is 6.12. The van der Waals surface area contributed by atoms with Gasteiger partial charge in [-0.3, -0.25) is 0 Å². The van der Waals surface area contributed by atoms with Gasteiger partial charge >= 0.3 is 0 Å². The highest BCUT2D eigenvalue weighted by molar-refractivity contribution is 6.31. The van der Waals surface area contributed by atoms with E-state index in [1.165, 1.54) is 0 Å². The van der Waals surface area contributed by atoms with Crippen molar-refractivity contribution in [3.63, 3.8) is 0 Å². The molecule has 0 saturated heterocycles. The summed E-state index contributed by atoms with van der Waals surface area (Å²) < 4.78 is 1.75. The number of halogens is 1. The van der Waals surface area contributed by atoms with Crippen LogP contribution in [0.3, 0.4) is 0 Å². The van der Waals surface area contributed by atoms with Gasteiger partial charge in [-0.1, -0.05) is 17.7 Å². The molecular weight excluding hydrogens is 236 g/mol. The van der Waals surface area contributed by atoms with Crippen LogP contribution in [0.5, 0.6) is 0 Å². The lowest BCUT2D eigenvalue weighted by molar-refractivity contribution is 0.797. The molecule has 5 heteroatoms. The quantitative estimate of drug-likeness (QED) is 0.890. The number of aromatic nitrogens is 3. The van der Waals surface area contributed by atoms with Gasteiger partial charge in [0.15, 0.2) is 5.82 Å². The Hall–Kier alpha value is -1.39. The van der Waals surface area contributed by atoms with Gasteiger partial charge in [-0.25, -0.2) is 9.67 Å². The van der Waals surface area contributed by atoms with Crippen LogP contribution >= 0.6 is 11.6 Å². The molecule has 0 saturated carbocycles. The summed E-state index contributed by atoms with van der Waals surface area (Å²) in [6, 6.07) is 3.88. The standard InChI is InChI=1S/C12H15ClN4/c1-7-10(6-14)4-5-11(15-7)17-9(3)12(13)8(2)16-17/h4-5H,6,14H2,1-3H3. The average Bonchev–Trinajstić information content (AvgIpc) is 2.57. The Balaban J connectivity index is 2.53. The topological polar surface area (TPSA) is 56.7 Å². The van der Waals surface area contributed by atoms with Gasteiger partial charge in [0, 0.05) is 12.2 Å². The van der Waals surface area contributed by atoms with Gasteiger partial charge in [0.25, 0.3) is 0 Å². The third kappa shape index (κ3) is 2.06. The van der Waals surface area contributed by atoms with Gasteiger partial charge in [-0.2, -0.15) is 5.10 Å². The predicted molar refractivity (Wildman–Crippen MR) is 68.5 cm³/mol. The maximum absolute atomic E-state index is 6.12. The smallest absolute Gasteiger partial charge is 0.153 e. The SMILES string of the molecule is Cc1nc(-n2nc(C)c(Cl)c2C)ccc1CN. The van der Waals surface area contributed by atoms with Crippen LogP contribution < -0.4 is 5.73 Å². The minimum atomic E-state index is 0.497. The van der Waals surface area contributed by atoms with E-state index in [1.54, 1.807) is 4.68 Å². The highest BCUT2D eigenvalue weighted by Gasteiger charge is 2.12. The Morgan fingerprint density at radius 3 is 2.41 bits per heavy atom. The number of nitrogens with zero attached hydrogens (tertiary/aromatic N) is 3. The molecule has 0 aromatic carbocycles. The minimum Gasteiger partial charge on any atom is -0.326 e. The molecule has 0 atom stereocenters. The molecule has 0 fully saturated rings. The summed E-state index contributed by atoms with van der Waals surface area (Å²) in [6.07, 6.45) is 0. The fourth-order valence-electron chi connectivity index (χ4n) is 1.76. The molecule has 0 aliphatic heterocycles. The molecule has 0 aliphatic rings. The molecule has 0 spiro atoms. The molecule has 0 amide bonds. The van der Waals surface area contributed by atoms with Crippen LogP contribution in [0.15, 0.2) is 12.1 Å². The third-order valence-electron chi connectivity index (χ3n) is 2.82. The van der Waals surface area contributed by atoms with Gasteiger partial charge in [0.2, 0.25) is 0 Å². The van der Waals surface area contributed by atoms with E-state index in [0.29, 0.717) is 11.6 Å². The van der Waals surface area contributed by atoms with E-state index in [2.05, 4.69) is 10.1 Å². The van der Waals surface area contributed by atoms with Crippen molar-refractivity contribution < 1.29 is 0 Å². The van der Waals surface area contributed by atoms with Crippen molar-refractivity contribution >= 4 is 11.6 Å². The van der Waals surface area contributed by atoms with Gasteiger partial charge in [-0.05, 0) is 32.4 Å². The predicted octanol–water partition coefficient (Wildman–Crippen LogP) is 2.30. The summed E-state index contributed by atoms with van der Waals surface area (Å²) in [6.45, 7) is 6.25. The second-order valence-corrected chi connectivity index (χ2v) is 4.39. The van der Waals surface area contributed by atoms with E-state index in [4.69, 9.17) is 17.3 Å². The zero-order valence-electron chi connectivity index (χ0n) is 10.2. The molecule has 0 unspecified atom stereocenters. The highest BCUT2D eigenvalue weighted by atomic mass is 35.5. The Bertz CT molecular complexity index is 560. The normalized spacial score (nSPS) is 10.9. The van der Waals surface area contributed by atoms with Crippen LogP contribution in [0, 0.1) is 20.8 Å². The molecule has 2 aromatic rings.